The van der Waals surface area contributed by atoms with Crippen molar-refractivity contribution in [3.8, 4) is 16.9 Å². The monoisotopic (exact) mass is 417 g/mol. The van der Waals surface area contributed by atoms with Gasteiger partial charge in [-0.2, -0.15) is 5.10 Å². The number of benzene rings is 3. The highest BCUT2D eigenvalue weighted by atomic mass is 35.5. The number of rotatable bonds is 2. The van der Waals surface area contributed by atoms with Gasteiger partial charge in [0.2, 0.25) is 0 Å². The molecule has 3 aromatic carbocycles. The van der Waals surface area contributed by atoms with Gasteiger partial charge in [0.05, 0.1) is 16.7 Å². The molecule has 0 unspecified atom stereocenters. The summed E-state index contributed by atoms with van der Waals surface area (Å²) in [5, 5.41) is 8.29. The third-order valence-electron chi connectivity index (χ3n) is 5.19. The summed E-state index contributed by atoms with van der Waals surface area (Å²) >= 11 is 12.8. The van der Waals surface area contributed by atoms with E-state index in [0.29, 0.717) is 10.0 Å². The van der Waals surface area contributed by atoms with Gasteiger partial charge in [-0.05, 0) is 49.7 Å². The van der Waals surface area contributed by atoms with Gasteiger partial charge >= 0.3 is 0 Å². The van der Waals surface area contributed by atoms with E-state index in [2.05, 4.69) is 36.2 Å². The van der Waals surface area contributed by atoms with E-state index in [0.717, 1.165) is 44.3 Å². The van der Waals surface area contributed by atoms with Gasteiger partial charge in [0, 0.05) is 32.6 Å². The van der Waals surface area contributed by atoms with Gasteiger partial charge < -0.3 is 0 Å². The fourth-order valence-electron chi connectivity index (χ4n) is 3.58. The summed E-state index contributed by atoms with van der Waals surface area (Å²) in [6.45, 7) is 4.07. The molecule has 0 N–H and O–H groups in total. The Labute approximate surface area is 178 Å². The molecule has 0 bridgehead atoms. The highest BCUT2D eigenvalue weighted by Gasteiger charge is 2.17. The standard InChI is InChI=1S/C24H17Cl2N3/c1-14-3-6-16(7-4-14)23-20-13-27-22-10-8-17(25)11-19(22)24(20)29(28-23)18-9-5-15(2)21(26)12-18/h3-13H,1-2H3. The highest BCUT2D eigenvalue weighted by molar-refractivity contribution is 6.32. The van der Waals surface area contributed by atoms with Crippen LogP contribution in [0, 0.1) is 13.8 Å². The van der Waals surface area contributed by atoms with Gasteiger partial charge in [-0.15, -0.1) is 0 Å². The summed E-state index contributed by atoms with van der Waals surface area (Å²) < 4.78 is 1.94. The minimum Gasteiger partial charge on any atom is -0.255 e. The number of nitrogens with zero attached hydrogens (tertiary/aromatic N) is 3. The van der Waals surface area contributed by atoms with Crippen molar-refractivity contribution in [2.45, 2.75) is 13.8 Å². The van der Waals surface area contributed by atoms with E-state index in [4.69, 9.17) is 28.3 Å². The van der Waals surface area contributed by atoms with Crippen molar-refractivity contribution < 1.29 is 0 Å². The van der Waals surface area contributed by atoms with Crippen LogP contribution >= 0.6 is 23.2 Å². The lowest BCUT2D eigenvalue weighted by Gasteiger charge is -2.08. The molecule has 5 heteroatoms. The molecule has 2 aromatic heterocycles. The smallest absolute Gasteiger partial charge is 0.102 e. The molecule has 0 atom stereocenters. The molecule has 142 valence electrons. The highest BCUT2D eigenvalue weighted by Crippen LogP contribution is 2.35. The molecule has 0 amide bonds. The Bertz CT molecular complexity index is 1390. The predicted octanol–water partition coefficient (Wildman–Crippen LogP) is 7.16. The molecular weight excluding hydrogens is 401 g/mol. The maximum absolute atomic E-state index is 6.43. The number of fused-ring (bicyclic) bond motifs is 3. The van der Waals surface area contributed by atoms with E-state index in [-0.39, 0.29) is 0 Å². The summed E-state index contributed by atoms with van der Waals surface area (Å²) in [4.78, 5) is 4.65. The van der Waals surface area contributed by atoms with Crippen molar-refractivity contribution >= 4 is 45.0 Å². The largest absolute Gasteiger partial charge is 0.255 e. The van der Waals surface area contributed by atoms with Crippen LogP contribution in [0.15, 0.2) is 66.9 Å². The van der Waals surface area contributed by atoms with Crippen LogP contribution in [-0.2, 0) is 0 Å². The van der Waals surface area contributed by atoms with E-state index in [1.54, 1.807) is 0 Å². The van der Waals surface area contributed by atoms with Gasteiger partial charge in [-0.25, -0.2) is 4.68 Å². The number of pyridine rings is 1. The van der Waals surface area contributed by atoms with Crippen LogP contribution in [0.5, 0.6) is 0 Å². The van der Waals surface area contributed by atoms with Crippen LogP contribution in [0.25, 0.3) is 38.8 Å². The van der Waals surface area contributed by atoms with Crippen molar-refractivity contribution in [2.75, 3.05) is 0 Å². The molecule has 0 saturated heterocycles. The van der Waals surface area contributed by atoms with E-state index < -0.39 is 0 Å². The van der Waals surface area contributed by atoms with Gasteiger partial charge in [-0.3, -0.25) is 4.98 Å². The molecule has 0 spiro atoms. The first-order chi connectivity index (χ1) is 14.0. The van der Waals surface area contributed by atoms with Crippen molar-refractivity contribution in [3.05, 3.63) is 88.0 Å². The second-order valence-electron chi connectivity index (χ2n) is 7.24. The molecule has 0 radical (unpaired) electrons. The van der Waals surface area contributed by atoms with Crippen molar-refractivity contribution in [1.82, 2.24) is 14.8 Å². The summed E-state index contributed by atoms with van der Waals surface area (Å²) in [6.07, 6.45) is 1.89. The van der Waals surface area contributed by atoms with Gasteiger partial charge in [-0.1, -0.05) is 59.1 Å². The molecule has 5 aromatic rings. The zero-order valence-electron chi connectivity index (χ0n) is 15.9. The lowest BCUT2D eigenvalue weighted by atomic mass is 10.1. The molecule has 0 saturated carbocycles. The number of aryl methyl sites for hydroxylation is 2. The van der Waals surface area contributed by atoms with Crippen molar-refractivity contribution in [1.29, 1.82) is 0 Å². The van der Waals surface area contributed by atoms with E-state index in [1.807, 2.05) is 54.2 Å². The Morgan fingerprint density at radius 1 is 0.828 bits per heavy atom. The molecule has 0 aliphatic heterocycles. The lowest BCUT2D eigenvalue weighted by Crippen LogP contribution is -1.98. The average molecular weight is 418 g/mol. The Hall–Kier alpha value is -2.88. The van der Waals surface area contributed by atoms with E-state index in [1.165, 1.54) is 5.56 Å². The number of aromatic nitrogens is 3. The summed E-state index contributed by atoms with van der Waals surface area (Å²) in [7, 11) is 0. The number of hydrogen-bond acceptors (Lipinski definition) is 2. The first kappa shape index (κ1) is 18.2. The predicted molar refractivity (Wildman–Crippen MR) is 121 cm³/mol. The number of hydrogen-bond donors (Lipinski definition) is 0. The second-order valence-corrected chi connectivity index (χ2v) is 8.09. The van der Waals surface area contributed by atoms with Crippen LogP contribution in [0.2, 0.25) is 10.0 Å². The Kier molecular flexibility index (Phi) is 4.30. The normalized spacial score (nSPS) is 11.4. The lowest BCUT2D eigenvalue weighted by molar-refractivity contribution is 0.917. The molecule has 0 aliphatic carbocycles. The van der Waals surface area contributed by atoms with E-state index in [9.17, 15) is 0 Å². The first-order valence-corrected chi connectivity index (χ1v) is 10.1. The minimum atomic E-state index is 0.665. The summed E-state index contributed by atoms with van der Waals surface area (Å²) in [5.74, 6) is 0. The molecular formula is C24H17Cl2N3. The Balaban J connectivity index is 1.90. The van der Waals surface area contributed by atoms with Gasteiger partial charge in [0.15, 0.2) is 0 Å². The van der Waals surface area contributed by atoms with Crippen molar-refractivity contribution in [2.24, 2.45) is 0 Å². The SMILES string of the molecule is Cc1ccc(-c2nn(-c3ccc(C)c(Cl)c3)c3c2cnc2ccc(Cl)cc23)cc1. The first-order valence-electron chi connectivity index (χ1n) is 9.32. The third-order valence-corrected chi connectivity index (χ3v) is 5.84. The third kappa shape index (κ3) is 3.07. The molecule has 5 rings (SSSR count). The molecule has 2 heterocycles. The van der Waals surface area contributed by atoms with Gasteiger partial charge in [0.1, 0.15) is 5.69 Å². The van der Waals surface area contributed by atoms with E-state index >= 15 is 0 Å². The zero-order chi connectivity index (χ0) is 20.1. The molecule has 29 heavy (non-hydrogen) atoms. The Morgan fingerprint density at radius 2 is 1.62 bits per heavy atom. The topological polar surface area (TPSA) is 30.7 Å². The molecule has 0 aliphatic rings. The maximum atomic E-state index is 6.43. The van der Waals surface area contributed by atoms with Crippen LogP contribution in [0.3, 0.4) is 0 Å². The summed E-state index contributed by atoms with van der Waals surface area (Å²) in [6, 6.07) is 20.1. The van der Waals surface area contributed by atoms with Crippen LogP contribution in [-0.4, -0.2) is 14.8 Å². The fraction of sp³-hybridized carbons (Fsp3) is 0.0833. The van der Waals surface area contributed by atoms with Crippen LogP contribution in [0.1, 0.15) is 11.1 Å². The zero-order valence-corrected chi connectivity index (χ0v) is 17.5. The fourth-order valence-corrected chi connectivity index (χ4v) is 3.93. The van der Waals surface area contributed by atoms with Crippen LogP contribution in [0.4, 0.5) is 0 Å². The average Bonchev–Trinajstić information content (AvgIpc) is 3.11. The van der Waals surface area contributed by atoms with Crippen molar-refractivity contribution in [3.63, 3.8) is 0 Å². The molecule has 3 nitrogen and oxygen atoms in total. The summed E-state index contributed by atoms with van der Waals surface area (Å²) in [5.41, 5.74) is 6.89. The Morgan fingerprint density at radius 3 is 2.38 bits per heavy atom. The number of halogens is 2. The maximum Gasteiger partial charge on any atom is 0.102 e. The van der Waals surface area contributed by atoms with Crippen LogP contribution < -0.4 is 0 Å². The van der Waals surface area contributed by atoms with Gasteiger partial charge in [0.25, 0.3) is 0 Å². The quantitative estimate of drug-likeness (QED) is 0.304. The molecule has 0 fully saturated rings. The second kappa shape index (κ2) is 6.87. The minimum absolute atomic E-state index is 0.665.